The number of thiazole rings is 1. The average Bonchev–Trinajstić information content (AvgIpc) is 2.88. The van der Waals surface area contributed by atoms with Gasteiger partial charge in [-0.15, -0.1) is 11.3 Å². The van der Waals surface area contributed by atoms with E-state index in [9.17, 15) is 13.2 Å². The van der Waals surface area contributed by atoms with Crippen LogP contribution in [0.2, 0.25) is 0 Å². The fourth-order valence-electron chi connectivity index (χ4n) is 1.40. The van der Waals surface area contributed by atoms with Crippen molar-refractivity contribution in [2.24, 2.45) is 0 Å². The topological polar surface area (TPSA) is 121 Å². The monoisotopic (exact) mass is 319 g/mol. The number of hydrogen-bond acceptors (Lipinski definition) is 7. The van der Waals surface area contributed by atoms with Crippen molar-refractivity contribution < 1.29 is 23.1 Å². The molecule has 0 aromatic carbocycles. The Hall–Kier alpha value is -1.54. The summed E-state index contributed by atoms with van der Waals surface area (Å²) in [7, 11) is -2.58. The Labute approximate surface area is 120 Å². The standard InChI is InChI=1S/C10H13N3O5S2/c1-18-6-5-13(4-2-3-11)20(16,17)10-8(9(14)15)12-7-19-10/h7H,2,4-6H2,1H3,(H,14,15). The lowest BCUT2D eigenvalue weighted by molar-refractivity contribution is 0.0687. The van der Waals surface area contributed by atoms with Gasteiger partial charge < -0.3 is 9.84 Å². The van der Waals surface area contributed by atoms with Crippen LogP contribution in [0.5, 0.6) is 0 Å². The number of aromatic carboxylic acids is 1. The number of sulfonamides is 1. The SMILES string of the molecule is COCCN(CCC#N)S(=O)(=O)c1scnc1C(=O)O. The number of rotatable bonds is 8. The average molecular weight is 319 g/mol. The van der Waals surface area contributed by atoms with Crippen LogP contribution in [0.15, 0.2) is 9.72 Å². The minimum atomic E-state index is -4.00. The maximum atomic E-state index is 12.4. The minimum absolute atomic E-state index is 0.00412. The van der Waals surface area contributed by atoms with Gasteiger partial charge in [0, 0.05) is 26.6 Å². The Morgan fingerprint density at radius 1 is 1.60 bits per heavy atom. The van der Waals surface area contributed by atoms with Gasteiger partial charge in [0.05, 0.1) is 18.2 Å². The molecule has 1 N–H and O–H groups in total. The Balaban J connectivity index is 3.11. The number of methoxy groups -OCH3 is 1. The third-order valence-corrected chi connectivity index (χ3v) is 5.58. The molecular weight excluding hydrogens is 306 g/mol. The number of ether oxygens (including phenoxy) is 1. The molecule has 1 heterocycles. The zero-order valence-corrected chi connectivity index (χ0v) is 12.3. The summed E-state index contributed by atoms with van der Waals surface area (Å²) in [6.07, 6.45) is 0.00412. The van der Waals surface area contributed by atoms with E-state index in [1.54, 1.807) is 0 Å². The van der Waals surface area contributed by atoms with Crippen LogP contribution in [0.4, 0.5) is 0 Å². The summed E-state index contributed by atoms with van der Waals surface area (Å²) in [5, 5.41) is 17.5. The summed E-state index contributed by atoms with van der Waals surface area (Å²) in [6, 6.07) is 1.85. The van der Waals surface area contributed by atoms with Gasteiger partial charge in [-0.25, -0.2) is 18.2 Å². The molecule has 0 unspecified atom stereocenters. The van der Waals surface area contributed by atoms with E-state index in [0.29, 0.717) is 0 Å². The van der Waals surface area contributed by atoms with Gasteiger partial charge in [-0.1, -0.05) is 0 Å². The fraction of sp³-hybridized carbons (Fsp3) is 0.500. The highest BCUT2D eigenvalue weighted by atomic mass is 32.2. The molecule has 0 amide bonds. The van der Waals surface area contributed by atoms with Crippen LogP contribution in [0.25, 0.3) is 0 Å². The van der Waals surface area contributed by atoms with E-state index in [2.05, 4.69) is 4.98 Å². The third-order valence-electron chi connectivity index (χ3n) is 2.33. The van der Waals surface area contributed by atoms with E-state index in [4.69, 9.17) is 15.1 Å². The molecule has 0 spiro atoms. The summed E-state index contributed by atoms with van der Waals surface area (Å²) >= 11 is 0.735. The highest BCUT2D eigenvalue weighted by Gasteiger charge is 2.31. The van der Waals surface area contributed by atoms with Crippen LogP contribution in [0, 0.1) is 11.3 Å². The summed E-state index contributed by atoms with van der Waals surface area (Å²) in [6.45, 7) is 0.155. The van der Waals surface area contributed by atoms with Crippen molar-refractivity contribution in [3.8, 4) is 6.07 Å². The lowest BCUT2D eigenvalue weighted by Crippen LogP contribution is -2.35. The van der Waals surface area contributed by atoms with Crippen molar-refractivity contribution in [1.29, 1.82) is 5.26 Å². The number of aromatic nitrogens is 1. The van der Waals surface area contributed by atoms with Crippen LogP contribution in [-0.4, -0.2) is 55.6 Å². The number of nitriles is 1. The molecule has 0 aliphatic heterocycles. The Morgan fingerprint density at radius 2 is 2.30 bits per heavy atom. The molecule has 20 heavy (non-hydrogen) atoms. The van der Waals surface area contributed by atoms with Crippen LogP contribution < -0.4 is 0 Å². The molecule has 1 aromatic rings. The quantitative estimate of drug-likeness (QED) is 0.735. The first-order chi connectivity index (χ1) is 9.45. The summed E-state index contributed by atoms with van der Waals surface area (Å²) in [5.74, 6) is -1.41. The predicted octanol–water partition coefficient (Wildman–Crippen LogP) is 0.392. The van der Waals surface area contributed by atoms with Gasteiger partial charge in [-0.05, 0) is 0 Å². The van der Waals surface area contributed by atoms with Gasteiger partial charge in [-0.3, -0.25) is 0 Å². The highest BCUT2D eigenvalue weighted by molar-refractivity contribution is 7.91. The van der Waals surface area contributed by atoms with E-state index in [1.807, 2.05) is 6.07 Å². The van der Waals surface area contributed by atoms with Crippen molar-refractivity contribution in [2.75, 3.05) is 26.8 Å². The normalized spacial score (nSPS) is 11.4. The molecule has 0 fully saturated rings. The van der Waals surface area contributed by atoms with Crippen molar-refractivity contribution in [1.82, 2.24) is 9.29 Å². The van der Waals surface area contributed by atoms with E-state index in [-0.39, 0.29) is 30.3 Å². The Kier molecular flexibility index (Phi) is 6.03. The van der Waals surface area contributed by atoms with Gasteiger partial charge >= 0.3 is 5.97 Å². The van der Waals surface area contributed by atoms with Gasteiger partial charge in [0.15, 0.2) is 9.90 Å². The smallest absolute Gasteiger partial charge is 0.356 e. The molecule has 0 aliphatic rings. The van der Waals surface area contributed by atoms with Gasteiger partial charge in [0.1, 0.15) is 0 Å². The third kappa shape index (κ3) is 3.73. The predicted molar refractivity (Wildman–Crippen MR) is 69.9 cm³/mol. The zero-order valence-electron chi connectivity index (χ0n) is 10.6. The maximum Gasteiger partial charge on any atom is 0.356 e. The fourth-order valence-corrected chi connectivity index (χ4v) is 4.10. The summed E-state index contributed by atoms with van der Waals surface area (Å²) in [4.78, 5) is 14.5. The molecule has 110 valence electrons. The largest absolute Gasteiger partial charge is 0.476 e. The molecule has 0 aliphatic carbocycles. The van der Waals surface area contributed by atoms with Crippen molar-refractivity contribution in [3.05, 3.63) is 11.2 Å². The van der Waals surface area contributed by atoms with E-state index in [0.717, 1.165) is 21.2 Å². The number of carbonyl (C=O) groups is 1. The first-order valence-corrected chi connectivity index (χ1v) is 7.80. The molecule has 0 saturated heterocycles. The second kappa shape index (κ2) is 7.30. The maximum absolute atomic E-state index is 12.4. The molecule has 1 rings (SSSR count). The van der Waals surface area contributed by atoms with Gasteiger partial charge in [-0.2, -0.15) is 9.57 Å². The molecular formula is C10H13N3O5S2. The Morgan fingerprint density at radius 3 is 2.85 bits per heavy atom. The lowest BCUT2D eigenvalue weighted by Gasteiger charge is -2.19. The summed E-state index contributed by atoms with van der Waals surface area (Å²) < 4.78 is 30.3. The van der Waals surface area contributed by atoms with Gasteiger partial charge in [0.25, 0.3) is 10.0 Å². The lowest BCUT2D eigenvalue weighted by atomic mass is 10.4. The summed E-state index contributed by atoms with van der Waals surface area (Å²) in [5.41, 5.74) is 0.657. The molecule has 1 aromatic heterocycles. The van der Waals surface area contributed by atoms with E-state index in [1.165, 1.54) is 7.11 Å². The highest BCUT2D eigenvalue weighted by Crippen LogP contribution is 2.24. The van der Waals surface area contributed by atoms with E-state index >= 15 is 0 Å². The zero-order chi connectivity index (χ0) is 15.2. The van der Waals surface area contributed by atoms with Crippen LogP contribution in [-0.2, 0) is 14.8 Å². The molecule has 8 nitrogen and oxygen atoms in total. The minimum Gasteiger partial charge on any atom is -0.476 e. The van der Waals surface area contributed by atoms with Crippen molar-refractivity contribution in [3.63, 3.8) is 0 Å². The number of nitrogens with zero attached hydrogens (tertiary/aromatic N) is 3. The molecule has 10 heteroatoms. The first kappa shape index (κ1) is 16.5. The van der Waals surface area contributed by atoms with Gasteiger partial charge in [0.2, 0.25) is 0 Å². The number of hydrogen-bond donors (Lipinski definition) is 1. The second-order valence-corrected chi connectivity index (χ2v) is 6.59. The second-order valence-electron chi connectivity index (χ2n) is 3.60. The Bertz CT molecular complexity index is 605. The molecule has 0 atom stereocenters. The van der Waals surface area contributed by atoms with Crippen LogP contribution in [0.1, 0.15) is 16.9 Å². The van der Waals surface area contributed by atoms with Crippen molar-refractivity contribution in [2.45, 2.75) is 10.6 Å². The number of carboxylic acids is 1. The first-order valence-electron chi connectivity index (χ1n) is 5.48. The molecule has 0 radical (unpaired) electrons. The molecule has 0 saturated carbocycles. The van der Waals surface area contributed by atoms with Crippen molar-refractivity contribution >= 4 is 27.3 Å². The van der Waals surface area contributed by atoms with Crippen LogP contribution in [0.3, 0.4) is 0 Å². The van der Waals surface area contributed by atoms with E-state index < -0.39 is 21.7 Å². The molecule has 0 bridgehead atoms. The number of carboxylic acid groups (broad SMARTS) is 1. The van der Waals surface area contributed by atoms with Crippen LogP contribution >= 0.6 is 11.3 Å².